The zero-order chi connectivity index (χ0) is 13.7. The number of anilines is 1. The molecule has 0 atom stereocenters. The lowest BCUT2D eigenvalue weighted by molar-refractivity contribution is 0.0951. The molecule has 0 spiro atoms. The fourth-order valence-corrected chi connectivity index (χ4v) is 1.59. The van der Waals surface area contributed by atoms with Crippen LogP contribution in [0.1, 0.15) is 15.9 Å². The van der Waals surface area contributed by atoms with Gasteiger partial charge < -0.3 is 10.2 Å². The van der Waals surface area contributed by atoms with Gasteiger partial charge in [-0.25, -0.2) is 4.98 Å². The third-order valence-electron chi connectivity index (χ3n) is 2.64. The van der Waals surface area contributed by atoms with Gasteiger partial charge in [-0.2, -0.15) is 0 Å². The number of hydrogen-bond donors (Lipinski definition) is 1. The van der Waals surface area contributed by atoms with Crippen molar-refractivity contribution in [1.29, 1.82) is 0 Å². The highest BCUT2D eigenvalue weighted by Gasteiger charge is 2.07. The van der Waals surface area contributed by atoms with E-state index in [2.05, 4.69) is 15.3 Å². The molecule has 0 radical (unpaired) electrons. The lowest BCUT2D eigenvalue weighted by atomic mass is 10.2. The third-order valence-corrected chi connectivity index (χ3v) is 2.64. The van der Waals surface area contributed by atoms with Gasteiger partial charge in [0.1, 0.15) is 5.82 Å². The summed E-state index contributed by atoms with van der Waals surface area (Å²) in [6.07, 6.45) is 5.07. The Kier molecular flexibility index (Phi) is 4.07. The summed E-state index contributed by atoms with van der Waals surface area (Å²) >= 11 is 0. The Balaban J connectivity index is 2.02. The van der Waals surface area contributed by atoms with Gasteiger partial charge in [0.25, 0.3) is 5.91 Å². The Bertz CT molecular complexity index is 554. The van der Waals surface area contributed by atoms with Crippen molar-refractivity contribution in [3.05, 3.63) is 54.0 Å². The predicted molar refractivity (Wildman–Crippen MR) is 74.0 cm³/mol. The highest BCUT2D eigenvalue weighted by Crippen LogP contribution is 2.09. The third kappa shape index (κ3) is 3.51. The Morgan fingerprint density at radius 3 is 2.84 bits per heavy atom. The van der Waals surface area contributed by atoms with E-state index in [1.807, 2.05) is 31.1 Å². The number of nitrogens with zero attached hydrogens (tertiary/aromatic N) is 3. The van der Waals surface area contributed by atoms with Crippen LogP contribution in [0.2, 0.25) is 0 Å². The number of hydrogen-bond acceptors (Lipinski definition) is 4. The largest absolute Gasteiger partial charge is 0.363 e. The topological polar surface area (TPSA) is 58.1 Å². The summed E-state index contributed by atoms with van der Waals surface area (Å²) < 4.78 is 0. The van der Waals surface area contributed by atoms with E-state index in [9.17, 15) is 4.79 Å². The number of aromatic nitrogens is 2. The average molecular weight is 256 g/mol. The predicted octanol–water partition coefficient (Wildman–Crippen LogP) is 1.47. The minimum Gasteiger partial charge on any atom is -0.363 e. The maximum atomic E-state index is 12.0. The van der Waals surface area contributed by atoms with Gasteiger partial charge >= 0.3 is 0 Å². The van der Waals surface area contributed by atoms with Crippen LogP contribution >= 0.6 is 0 Å². The van der Waals surface area contributed by atoms with Gasteiger partial charge in [0.15, 0.2) is 0 Å². The van der Waals surface area contributed by atoms with Crippen molar-refractivity contribution in [1.82, 2.24) is 15.3 Å². The second-order valence-electron chi connectivity index (χ2n) is 4.34. The van der Waals surface area contributed by atoms with Crippen LogP contribution in [0.4, 0.5) is 5.82 Å². The Labute approximate surface area is 112 Å². The number of carbonyl (C=O) groups is 1. The molecule has 5 heteroatoms. The van der Waals surface area contributed by atoms with Gasteiger partial charge in [0.2, 0.25) is 0 Å². The molecule has 0 aliphatic rings. The van der Waals surface area contributed by atoms with E-state index >= 15 is 0 Å². The van der Waals surface area contributed by atoms with Gasteiger partial charge in [0.05, 0.1) is 0 Å². The number of carbonyl (C=O) groups excluding carboxylic acids is 1. The molecule has 98 valence electrons. The minimum atomic E-state index is -0.116. The molecule has 0 saturated carbocycles. The standard InChI is InChI=1S/C14H16N4O/c1-18(2)13-8-12(5-7-16-13)14(19)17-10-11-4-3-6-15-9-11/h3-9H,10H2,1-2H3,(H,17,19). The second-order valence-corrected chi connectivity index (χ2v) is 4.34. The van der Waals surface area contributed by atoms with Crippen molar-refractivity contribution in [3.63, 3.8) is 0 Å². The summed E-state index contributed by atoms with van der Waals surface area (Å²) in [7, 11) is 3.78. The Hall–Kier alpha value is -2.43. The molecule has 5 nitrogen and oxygen atoms in total. The van der Waals surface area contributed by atoms with Gasteiger partial charge in [-0.3, -0.25) is 9.78 Å². The van der Waals surface area contributed by atoms with Crippen LogP contribution in [0.5, 0.6) is 0 Å². The van der Waals surface area contributed by atoms with E-state index in [4.69, 9.17) is 0 Å². The number of nitrogens with one attached hydrogen (secondary N) is 1. The molecule has 1 amide bonds. The molecule has 0 fully saturated rings. The van der Waals surface area contributed by atoms with E-state index < -0.39 is 0 Å². The smallest absolute Gasteiger partial charge is 0.251 e. The van der Waals surface area contributed by atoms with Gasteiger partial charge in [-0.05, 0) is 23.8 Å². The van der Waals surface area contributed by atoms with E-state index in [1.165, 1.54) is 0 Å². The van der Waals surface area contributed by atoms with Crippen LogP contribution in [-0.2, 0) is 6.54 Å². The molecular weight excluding hydrogens is 240 g/mol. The molecular formula is C14H16N4O. The van der Waals surface area contributed by atoms with E-state index in [-0.39, 0.29) is 5.91 Å². The van der Waals surface area contributed by atoms with Crippen molar-refractivity contribution in [3.8, 4) is 0 Å². The highest BCUT2D eigenvalue weighted by molar-refractivity contribution is 5.94. The number of amides is 1. The van der Waals surface area contributed by atoms with E-state index in [0.29, 0.717) is 12.1 Å². The number of rotatable bonds is 4. The van der Waals surface area contributed by atoms with Crippen molar-refractivity contribution in [2.24, 2.45) is 0 Å². The first-order valence-electron chi connectivity index (χ1n) is 5.97. The molecule has 19 heavy (non-hydrogen) atoms. The van der Waals surface area contributed by atoms with Crippen molar-refractivity contribution >= 4 is 11.7 Å². The van der Waals surface area contributed by atoms with E-state index in [1.54, 1.807) is 30.7 Å². The van der Waals surface area contributed by atoms with Gasteiger partial charge in [-0.1, -0.05) is 6.07 Å². The first kappa shape index (κ1) is 13.0. The fraction of sp³-hybridized carbons (Fsp3) is 0.214. The molecule has 0 aliphatic carbocycles. The summed E-state index contributed by atoms with van der Waals surface area (Å²) in [6.45, 7) is 0.465. The zero-order valence-electron chi connectivity index (χ0n) is 11.0. The van der Waals surface area contributed by atoms with Crippen molar-refractivity contribution < 1.29 is 4.79 Å². The number of pyridine rings is 2. The normalized spacial score (nSPS) is 10.0. The van der Waals surface area contributed by atoms with E-state index in [0.717, 1.165) is 11.4 Å². The Morgan fingerprint density at radius 2 is 2.16 bits per heavy atom. The maximum Gasteiger partial charge on any atom is 0.251 e. The minimum absolute atomic E-state index is 0.116. The quantitative estimate of drug-likeness (QED) is 0.900. The van der Waals surface area contributed by atoms with Crippen LogP contribution in [-0.4, -0.2) is 30.0 Å². The summed E-state index contributed by atoms with van der Waals surface area (Å²) in [5.74, 6) is 0.642. The molecule has 2 heterocycles. The molecule has 2 rings (SSSR count). The lowest BCUT2D eigenvalue weighted by Gasteiger charge is -2.12. The van der Waals surface area contributed by atoms with Crippen LogP contribution in [0.15, 0.2) is 42.9 Å². The zero-order valence-corrected chi connectivity index (χ0v) is 11.0. The molecule has 0 aromatic carbocycles. The SMILES string of the molecule is CN(C)c1cc(C(=O)NCc2cccnc2)ccn1. The fourth-order valence-electron chi connectivity index (χ4n) is 1.59. The first-order valence-corrected chi connectivity index (χ1v) is 5.97. The van der Waals surface area contributed by atoms with Crippen molar-refractivity contribution in [2.45, 2.75) is 6.54 Å². The average Bonchev–Trinajstić information content (AvgIpc) is 2.46. The molecule has 0 aliphatic heterocycles. The highest BCUT2D eigenvalue weighted by atomic mass is 16.1. The van der Waals surface area contributed by atoms with Gasteiger partial charge in [-0.15, -0.1) is 0 Å². The monoisotopic (exact) mass is 256 g/mol. The summed E-state index contributed by atoms with van der Waals surface area (Å²) in [6, 6.07) is 7.23. The molecule has 0 bridgehead atoms. The Morgan fingerprint density at radius 1 is 1.32 bits per heavy atom. The molecule has 0 unspecified atom stereocenters. The molecule has 2 aromatic heterocycles. The first-order chi connectivity index (χ1) is 9.16. The molecule has 1 N–H and O–H groups in total. The summed E-state index contributed by atoms with van der Waals surface area (Å²) in [4.78, 5) is 22.1. The van der Waals surface area contributed by atoms with Crippen LogP contribution in [0, 0.1) is 0 Å². The van der Waals surface area contributed by atoms with Crippen molar-refractivity contribution in [2.75, 3.05) is 19.0 Å². The molecule has 2 aromatic rings. The van der Waals surface area contributed by atoms with Crippen LogP contribution in [0.25, 0.3) is 0 Å². The molecule has 0 saturated heterocycles. The summed E-state index contributed by atoms with van der Waals surface area (Å²) in [5.41, 5.74) is 1.57. The van der Waals surface area contributed by atoms with Gasteiger partial charge in [0, 0.05) is 44.8 Å². The van der Waals surface area contributed by atoms with Crippen LogP contribution in [0.3, 0.4) is 0 Å². The second kappa shape index (κ2) is 5.95. The van der Waals surface area contributed by atoms with Crippen LogP contribution < -0.4 is 10.2 Å². The lowest BCUT2D eigenvalue weighted by Crippen LogP contribution is -2.23. The summed E-state index contributed by atoms with van der Waals surface area (Å²) in [5, 5.41) is 2.86. The maximum absolute atomic E-state index is 12.0.